The van der Waals surface area contributed by atoms with Gasteiger partial charge in [-0.1, -0.05) is 6.42 Å². The first-order valence-electron chi connectivity index (χ1n) is 5.93. The van der Waals surface area contributed by atoms with Gasteiger partial charge in [0.05, 0.1) is 17.3 Å². The first-order chi connectivity index (χ1) is 7.84. The van der Waals surface area contributed by atoms with Crippen molar-refractivity contribution in [2.75, 3.05) is 6.54 Å². The van der Waals surface area contributed by atoms with Crippen molar-refractivity contribution in [1.82, 2.24) is 4.90 Å². The van der Waals surface area contributed by atoms with Gasteiger partial charge in [0.1, 0.15) is 0 Å². The van der Waals surface area contributed by atoms with Crippen LogP contribution in [0.5, 0.6) is 0 Å². The van der Waals surface area contributed by atoms with Gasteiger partial charge < -0.3 is 5.11 Å². The molecule has 0 aromatic carbocycles. The van der Waals surface area contributed by atoms with E-state index in [1.165, 1.54) is 13.8 Å². The SMILES string of the molecule is CC(C)(CN1C(=O)C2CCCC2C1=O)C(=O)O. The molecule has 1 saturated heterocycles. The number of fused-ring (bicyclic) bond motifs is 1. The van der Waals surface area contributed by atoms with Crippen LogP contribution in [0.3, 0.4) is 0 Å². The number of carboxylic acids is 1. The zero-order valence-corrected chi connectivity index (χ0v) is 10.1. The van der Waals surface area contributed by atoms with Crippen LogP contribution in [0.2, 0.25) is 0 Å². The lowest BCUT2D eigenvalue weighted by molar-refractivity contribution is -0.151. The normalized spacial score (nSPS) is 28.7. The highest BCUT2D eigenvalue weighted by molar-refractivity contribution is 6.05. The summed E-state index contributed by atoms with van der Waals surface area (Å²) in [5, 5.41) is 9.03. The minimum Gasteiger partial charge on any atom is -0.481 e. The number of likely N-dealkylation sites (tertiary alicyclic amines) is 1. The second-order valence-corrected chi connectivity index (χ2v) is 5.60. The zero-order chi connectivity index (χ0) is 12.8. The molecular formula is C12H17NO4. The molecule has 1 saturated carbocycles. The highest BCUT2D eigenvalue weighted by Gasteiger charge is 2.51. The number of carbonyl (C=O) groups excluding carboxylic acids is 2. The van der Waals surface area contributed by atoms with E-state index >= 15 is 0 Å². The number of carbonyl (C=O) groups is 3. The molecule has 17 heavy (non-hydrogen) atoms. The maximum Gasteiger partial charge on any atom is 0.310 e. The Morgan fingerprint density at radius 1 is 1.29 bits per heavy atom. The van der Waals surface area contributed by atoms with Gasteiger partial charge in [0.2, 0.25) is 11.8 Å². The molecule has 0 aromatic heterocycles. The maximum atomic E-state index is 12.0. The molecule has 0 radical (unpaired) electrons. The number of carboxylic acid groups (broad SMARTS) is 1. The Labute approximate surface area is 99.8 Å². The number of aliphatic carboxylic acids is 1. The maximum absolute atomic E-state index is 12.0. The molecule has 1 heterocycles. The van der Waals surface area contributed by atoms with Crippen LogP contribution in [0.4, 0.5) is 0 Å². The number of nitrogens with zero attached hydrogens (tertiary/aromatic N) is 1. The van der Waals surface area contributed by atoms with E-state index < -0.39 is 11.4 Å². The van der Waals surface area contributed by atoms with Gasteiger partial charge in [-0.2, -0.15) is 0 Å². The predicted molar refractivity (Wildman–Crippen MR) is 59.0 cm³/mol. The highest BCUT2D eigenvalue weighted by Crippen LogP contribution is 2.40. The molecule has 0 bridgehead atoms. The van der Waals surface area contributed by atoms with Crippen LogP contribution in [-0.2, 0) is 14.4 Å². The lowest BCUT2D eigenvalue weighted by Gasteiger charge is -2.25. The summed E-state index contributed by atoms with van der Waals surface area (Å²) < 4.78 is 0. The largest absolute Gasteiger partial charge is 0.481 e. The Bertz CT molecular complexity index is 366. The van der Waals surface area contributed by atoms with E-state index in [0.29, 0.717) is 0 Å². The summed E-state index contributed by atoms with van der Waals surface area (Å²) in [6.07, 6.45) is 2.45. The number of amides is 2. The van der Waals surface area contributed by atoms with Crippen molar-refractivity contribution < 1.29 is 19.5 Å². The van der Waals surface area contributed by atoms with Crippen LogP contribution in [0, 0.1) is 17.3 Å². The van der Waals surface area contributed by atoms with Crippen LogP contribution >= 0.6 is 0 Å². The molecule has 1 aliphatic carbocycles. The Kier molecular flexibility index (Phi) is 2.72. The molecule has 1 aliphatic heterocycles. The van der Waals surface area contributed by atoms with Crippen molar-refractivity contribution in [3.63, 3.8) is 0 Å². The first-order valence-corrected chi connectivity index (χ1v) is 5.93. The zero-order valence-electron chi connectivity index (χ0n) is 10.1. The van der Waals surface area contributed by atoms with Gasteiger partial charge in [0.15, 0.2) is 0 Å². The minimum absolute atomic E-state index is 0.0208. The van der Waals surface area contributed by atoms with Crippen molar-refractivity contribution in [3.8, 4) is 0 Å². The molecule has 2 rings (SSSR count). The van der Waals surface area contributed by atoms with Crippen LogP contribution in [-0.4, -0.2) is 34.3 Å². The lowest BCUT2D eigenvalue weighted by Crippen LogP contribution is -2.43. The lowest BCUT2D eigenvalue weighted by atomic mass is 9.93. The van der Waals surface area contributed by atoms with Gasteiger partial charge in [0.25, 0.3) is 0 Å². The smallest absolute Gasteiger partial charge is 0.310 e. The number of hydrogen-bond donors (Lipinski definition) is 1. The monoisotopic (exact) mass is 239 g/mol. The third kappa shape index (κ3) is 1.83. The molecule has 2 fully saturated rings. The molecule has 2 amide bonds. The van der Waals surface area contributed by atoms with Crippen LogP contribution in [0.25, 0.3) is 0 Å². The van der Waals surface area contributed by atoms with E-state index in [-0.39, 0.29) is 30.2 Å². The van der Waals surface area contributed by atoms with E-state index in [2.05, 4.69) is 0 Å². The summed E-state index contributed by atoms with van der Waals surface area (Å²) in [6, 6.07) is 0. The number of hydrogen-bond acceptors (Lipinski definition) is 3. The minimum atomic E-state index is -1.08. The molecular weight excluding hydrogens is 222 g/mol. The Hall–Kier alpha value is -1.39. The van der Waals surface area contributed by atoms with E-state index in [9.17, 15) is 14.4 Å². The Morgan fingerprint density at radius 2 is 1.76 bits per heavy atom. The molecule has 1 N–H and O–H groups in total. The van der Waals surface area contributed by atoms with Crippen molar-refractivity contribution in [1.29, 1.82) is 0 Å². The van der Waals surface area contributed by atoms with Crippen LogP contribution in [0.15, 0.2) is 0 Å². The molecule has 2 atom stereocenters. The first kappa shape index (κ1) is 12.1. The van der Waals surface area contributed by atoms with Crippen molar-refractivity contribution in [2.45, 2.75) is 33.1 Å². The fourth-order valence-electron chi connectivity index (χ4n) is 2.68. The quantitative estimate of drug-likeness (QED) is 0.742. The Morgan fingerprint density at radius 3 is 2.18 bits per heavy atom. The van der Waals surface area contributed by atoms with E-state index in [4.69, 9.17) is 5.11 Å². The fraction of sp³-hybridized carbons (Fsp3) is 0.750. The molecule has 2 aliphatic rings. The van der Waals surface area contributed by atoms with Gasteiger partial charge in [0, 0.05) is 6.54 Å². The highest BCUT2D eigenvalue weighted by atomic mass is 16.4. The third-order valence-electron chi connectivity index (χ3n) is 3.81. The average molecular weight is 239 g/mol. The second-order valence-electron chi connectivity index (χ2n) is 5.60. The summed E-state index contributed by atoms with van der Waals surface area (Å²) in [6.45, 7) is 3.04. The molecule has 94 valence electrons. The summed E-state index contributed by atoms with van der Waals surface area (Å²) >= 11 is 0. The third-order valence-corrected chi connectivity index (χ3v) is 3.81. The van der Waals surface area contributed by atoms with E-state index in [0.717, 1.165) is 24.2 Å². The summed E-state index contributed by atoms with van der Waals surface area (Å²) in [4.78, 5) is 36.2. The summed E-state index contributed by atoms with van der Waals surface area (Å²) in [5.74, 6) is -1.71. The molecule has 2 unspecified atom stereocenters. The predicted octanol–water partition coefficient (Wildman–Crippen LogP) is 0.882. The van der Waals surface area contributed by atoms with E-state index in [1.54, 1.807) is 0 Å². The van der Waals surface area contributed by atoms with Gasteiger partial charge >= 0.3 is 5.97 Å². The van der Waals surface area contributed by atoms with E-state index in [1.807, 2.05) is 0 Å². The topological polar surface area (TPSA) is 74.7 Å². The molecule has 0 aromatic rings. The summed E-state index contributed by atoms with van der Waals surface area (Å²) in [7, 11) is 0. The second kappa shape index (κ2) is 3.82. The molecule has 5 heteroatoms. The van der Waals surface area contributed by atoms with Gasteiger partial charge in [-0.25, -0.2) is 0 Å². The number of imide groups is 1. The van der Waals surface area contributed by atoms with Crippen LogP contribution in [0.1, 0.15) is 33.1 Å². The van der Waals surface area contributed by atoms with Gasteiger partial charge in [-0.05, 0) is 26.7 Å². The van der Waals surface area contributed by atoms with Gasteiger partial charge in [-0.15, -0.1) is 0 Å². The van der Waals surface area contributed by atoms with Crippen LogP contribution < -0.4 is 0 Å². The van der Waals surface area contributed by atoms with Crippen molar-refractivity contribution >= 4 is 17.8 Å². The number of rotatable bonds is 3. The van der Waals surface area contributed by atoms with Crippen molar-refractivity contribution in [2.24, 2.45) is 17.3 Å². The fourth-order valence-corrected chi connectivity index (χ4v) is 2.68. The molecule has 5 nitrogen and oxygen atoms in total. The summed E-state index contributed by atoms with van der Waals surface area (Å²) in [5.41, 5.74) is -1.08. The average Bonchev–Trinajstić information content (AvgIpc) is 2.78. The van der Waals surface area contributed by atoms with Crippen molar-refractivity contribution in [3.05, 3.63) is 0 Å². The standard InChI is InChI=1S/C12H17NO4/c1-12(2,11(16)17)6-13-9(14)7-4-3-5-8(7)10(13)15/h7-8H,3-6H2,1-2H3,(H,16,17). The van der Waals surface area contributed by atoms with Gasteiger partial charge in [-0.3, -0.25) is 19.3 Å². The Balaban J connectivity index is 2.16. The molecule has 0 spiro atoms.